The van der Waals surface area contributed by atoms with Crippen LogP contribution in [0.3, 0.4) is 0 Å². The highest BCUT2D eigenvalue weighted by Gasteiger charge is 2.12. The number of fused-ring (bicyclic) bond motifs is 1. The first-order valence-corrected chi connectivity index (χ1v) is 10.4. The van der Waals surface area contributed by atoms with E-state index < -0.39 is 0 Å². The molecule has 0 atom stereocenters. The Morgan fingerprint density at radius 1 is 0.516 bits per heavy atom. The minimum atomic E-state index is 0.462. The smallest absolute Gasteiger partial charge is 0.130 e. The third-order valence-corrected chi connectivity index (χ3v) is 4.84. The van der Waals surface area contributed by atoms with Crippen molar-refractivity contribution in [1.82, 2.24) is 0 Å². The highest BCUT2D eigenvalue weighted by Crippen LogP contribution is 2.36. The molecule has 0 aliphatic carbocycles. The van der Waals surface area contributed by atoms with E-state index in [0.29, 0.717) is 26.4 Å². The second kappa shape index (κ2) is 10.4. The summed E-state index contributed by atoms with van der Waals surface area (Å²) in [4.78, 5) is 0. The van der Waals surface area contributed by atoms with Gasteiger partial charge in [-0.2, -0.15) is 0 Å². The lowest BCUT2D eigenvalue weighted by molar-refractivity contribution is 0.215. The van der Waals surface area contributed by atoms with Gasteiger partial charge in [0, 0.05) is 10.8 Å². The normalized spacial score (nSPS) is 10.6. The van der Waals surface area contributed by atoms with E-state index in [1.165, 1.54) is 0 Å². The van der Waals surface area contributed by atoms with Crippen molar-refractivity contribution in [2.24, 2.45) is 0 Å². The van der Waals surface area contributed by atoms with Crippen molar-refractivity contribution in [3.63, 3.8) is 0 Å². The third-order valence-electron chi connectivity index (χ3n) is 4.84. The molecule has 0 unspecified atom stereocenters. The zero-order chi connectivity index (χ0) is 21.3. The molecule has 158 valence electrons. The average molecular weight is 415 g/mol. The maximum atomic E-state index is 6.11. The maximum absolute atomic E-state index is 6.11. The first-order valence-electron chi connectivity index (χ1n) is 10.4. The molecule has 0 bridgehead atoms. The largest absolute Gasteiger partial charge is 0.490 e. The van der Waals surface area contributed by atoms with Crippen molar-refractivity contribution in [2.75, 3.05) is 26.4 Å². The van der Waals surface area contributed by atoms with E-state index in [1.807, 2.05) is 85.8 Å². The van der Waals surface area contributed by atoms with Gasteiger partial charge >= 0.3 is 0 Å². The first-order chi connectivity index (χ1) is 15.3. The van der Waals surface area contributed by atoms with Gasteiger partial charge in [-0.3, -0.25) is 0 Å². The van der Waals surface area contributed by atoms with Crippen molar-refractivity contribution in [3.05, 3.63) is 96.6 Å². The quantitative estimate of drug-likeness (QED) is 0.295. The number of hydrogen-bond donors (Lipinski definition) is 0. The van der Waals surface area contributed by atoms with E-state index in [2.05, 4.69) is 12.1 Å². The summed E-state index contributed by atoms with van der Waals surface area (Å²) >= 11 is 0. The molecule has 0 spiro atoms. The number of aryl methyl sites for hydroxylation is 1. The van der Waals surface area contributed by atoms with E-state index in [4.69, 9.17) is 18.9 Å². The zero-order valence-electron chi connectivity index (χ0n) is 17.6. The Kier molecular flexibility index (Phi) is 6.91. The molecule has 0 fully saturated rings. The lowest BCUT2D eigenvalue weighted by atomic mass is 10.0. The molecule has 0 radical (unpaired) electrons. The molecule has 4 aromatic rings. The molecule has 0 aliphatic heterocycles. The molecule has 4 rings (SSSR count). The molecule has 4 nitrogen and oxygen atoms in total. The molecular formula is C27H26O4. The van der Waals surface area contributed by atoms with Crippen LogP contribution in [-0.4, -0.2) is 26.4 Å². The monoisotopic (exact) mass is 414 g/mol. The summed E-state index contributed by atoms with van der Waals surface area (Å²) in [7, 11) is 0. The Balaban J connectivity index is 1.39. The van der Waals surface area contributed by atoms with Gasteiger partial charge in [0.2, 0.25) is 0 Å². The van der Waals surface area contributed by atoms with Crippen molar-refractivity contribution >= 4 is 10.8 Å². The predicted molar refractivity (Wildman–Crippen MR) is 124 cm³/mol. The van der Waals surface area contributed by atoms with Crippen LogP contribution in [0, 0.1) is 6.92 Å². The van der Waals surface area contributed by atoms with Gasteiger partial charge in [0.05, 0.1) is 0 Å². The van der Waals surface area contributed by atoms with Gasteiger partial charge in [0.1, 0.15) is 49.4 Å². The van der Waals surface area contributed by atoms with Gasteiger partial charge in [-0.05, 0) is 42.8 Å². The summed E-state index contributed by atoms with van der Waals surface area (Å²) in [5.74, 6) is 3.38. The van der Waals surface area contributed by atoms with E-state index in [9.17, 15) is 0 Å². The van der Waals surface area contributed by atoms with Crippen molar-refractivity contribution in [3.8, 4) is 23.0 Å². The van der Waals surface area contributed by atoms with Crippen LogP contribution < -0.4 is 18.9 Å². The highest BCUT2D eigenvalue weighted by atomic mass is 16.5. The molecule has 0 saturated carbocycles. The molecule has 4 heteroatoms. The minimum Gasteiger partial charge on any atom is -0.490 e. The Labute approximate surface area is 183 Å². The number of rotatable bonds is 10. The maximum Gasteiger partial charge on any atom is 0.130 e. The van der Waals surface area contributed by atoms with E-state index >= 15 is 0 Å². The van der Waals surface area contributed by atoms with Crippen LogP contribution in [0.4, 0.5) is 0 Å². The van der Waals surface area contributed by atoms with Gasteiger partial charge < -0.3 is 18.9 Å². The third kappa shape index (κ3) is 5.48. The van der Waals surface area contributed by atoms with Crippen molar-refractivity contribution in [2.45, 2.75) is 6.92 Å². The van der Waals surface area contributed by atoms with Crippen molar-refractivity contribution < 1.29 is 18.9 Å². The molecule has 0 saturated heterocycles. The molecule has 0 aliphatic rings. The highest BCUT2D eigenvalue weighted by molar-refractivity contribution is 5.94. The summed E-state index contributed by atoms with van der Waals surface area (Å²) in [6.07, 6.45) is 0. The summed E-state index contributed by atoms with van der Waals surface area (Å²) in [5, 5.41) is 2.05. The molecule has 4 aromatic carbocycles. The summed E-state index contributed by atoms with van der Waals surface area (Å²) in [6, 6.07) is 29.7. The van der Waals surface area contributed by atoms with Gasteiger partial charge in [0.15, 0.2) is 0 Å². The molecule has 0 aromatic heterocycles. The van der Waals surface area contributed by atoms with Crippen molar-refractivity contribution in [1.29, 1.82) is 0 Å². The van der Waals surface area contributed by atoms with Gasteiger partial charge in [-0.15, -0.1) is 0 Å². The Hall–Kier alpha value is -3.66. The van der Waals surface area contributed by atoms with Crippen LogP contribution in [0.25, 0.3) is 10.8 Å². The zero-order valence-corrected chi connectivity index (χ0v) is 17.6. The second-order valence-corrected chi connectivity index (χ2v) is 7.09. The standard InChI is InChI=1S/C27H26O4/c1-21-20-26(30-18-16-28-22-10-4-2-5-11-22)24-14-8-9-15-25(24)27(21)31-19-17-29-23-12-6-3-7-13-23/h2-15,20H,16-19H2,1H3. The number of hydrogen-bond acceptors (Lipinski definition) is 4. The number of ether oxygens (including phenoxy) is 4. The predicted octanol–water partition coefficient (Wildman–Crippen LogP) is 6.06. The van der Waals surface area contributed by atoms with Crippen LogP contribution in [-0.2, 0) is 0 Å². The summed E-state index contributed by atoms with van der Waals surface area (Å²) in [5.41, 5.74) is 1.03. The van der Waals surface area contributed by atoms with Crippen LogP contribution in [0.1, 0.15) is 5.56 Å². The minimum absolute atomic E-state index is 0.462. The summed E-state index contributed by atoms with van der Waals surface area (Å²) in [6.45, 7) is 3.92. The molecular weight excluding hydrogens is 388 g/mol. The molecule has 31 heavy (non-hydrogen) atoms. The Bertz CT molecular complexity index is 1090. The van der Waals surface area contributed by atoms with E-state index in [0.717, 1.165) is 39.3 Å². The first kappa shape index (κ1) is 20.6. The second-order valence-electron chi connectivity index (χ2n) is 7.09. The number of para-hydroxylation sites is 2. The molecule has 0 N–H and O–H groups in total. The van der Waals surface area contributed by atoms with Gasteiger partial charge in [0.25, 0.3) is 0 Å². The van der Waals surface area contributed by atoms with Gasteiger partial charge in [-0.25, -0.2) is 0 Å². The fraction of sp³-hybridized carbons (Fsp3) is 0.185. The molecule has 0 amide bonds. The van der Waals surface area contributed by atoms with Crippen LogP contribution in [0.15, 0.2) is 91.0 Å². The Morgan fingerprint density at radius 3 is 1.61 bits per heavy atom. The van der Waals surface area contributed by atoms with Crippen LogP contribution in [0.2, 0.25) is 0 Å². The van der Waals surface area contributed by atoms with Crippen LogP contribution in [0.5, 0.6) is 23.0 Å². The lowest BCUT2D eigenvalue weighted by Gasteiger charge is -2.16. The van der Waals surface area contributed by atoms with Gasteiger partial charge in [-0.1, -0.05) is 60.7 Å². The lowest BCUT2D eigenvalue weighted by Crippen LogP contribution is -2.11. The SMILES string of the molecule is Cc1cc(OCCOc2ccccc2)c2ccccc2c1OCCOc1ccccc1. The average Bonchev–Trinajstić information content (AvgIpc) is 2.82. The van der Waals surface area contributed by atoms with E-state index in [1.54, 1.807) is 0 Å². The van der Waals surface area contributed by atoms with Crippen LogP contribution >= 0.6 is 0 Å². The topological polar surface area (TPSA) is 36.9 Å². The van der Waals surface area contributed by atoms with E-state index in [-0.39, 0.29) is 0 Å². The Morgan fingerprint density at radius 2 is 1.00 bits per heavy atom. The molecule has 0 heterocycles. The summed E-state index contributed by atoms with van der Waals surface area (Å²) < 4.78 is 23.6. The fourth-order valence-corrected chi connectivity index (χ4v) is 3.41. The fourth-order valence-electron chi connectivity index (χ4n) is 3.41. The number of benzene rings is 4.